The van der Waals surface area contributed by atoms with Crippen LogP contribution in [0.15, 0.2) is 176 Å². The molecule has 2 heterocycles. The molecule has 8 rings (SSSR count). The van der Waals surface area contributed by atoms with Gasteiger partial charge < -0.3 is 4.90 Å². The first-order valence-electron chi connectivity index (χ1n) is 15.1. The van der Waals surface area contributed by atoms with Gasteiger partial charge in [-0.3, -0.25) is 0 Å². The molecule has 1 nitrogen and oxygen atoms in total. The Balaban J connectivity index is 1.16. The summed E-state index contributed by atoms with van der Waals surface area (Å²) in [4.78, 5) is 7.49. The van der Waals surface area contributed by atoms with Crippen molar-refractivity contribution in [2.75, 3.05) is 4.90 Å². The zero-order chi connectivity index (χ0) is 30.0. The number of thiophene rings is 2. The van der Waals surface area contributed by atoms with Crippen molar-refractivity contribution >= 4 is 50.5 Å². The van der Waals surface area contributed by atoms with Crippen LogP contribution in [0.3, 0.4) is 0 Å². The van der Waals surface area contributed by atoms with E-state index >= 15 is 0 Å². The summed E-state index contributed by atoms with van der Waals surface area (Å²) in [5.74, 6) is 0. The van der Waals surface area contributed by atoms with Crippen LogP contribution in [0.25, 0.3) is 52.5 Å². The van der Waals surface area contributed by atoms with Gasteiger partial charge in [-0.2, -0.15) is 0 Å². The summed E-state index contributed by atoms with van der Waals surface area (Å²) in [5.41, 5.74) is 8.40. The summed E-state index contributed by atoms with van der Waals surface area (Å²) in [6, 6.07) is 63.3. The summed E-state index contributed by atoms with van der Waals surface area (Å²) in [7, 11) is 0. The molecule has 0 aliphatic rings. The van der Waals surface area contributed by atoms with E-state index < -0.39 is 0 Å². The molecule has 3 heteroatoms. The second-order valence-electron chi connectivity index (χ2n) is 11.0. The van der Waals surface area contributed by atoms with Gasteiger partial charge in [0.15, 0.2) is 0 Å². The van der Waals surface area contributed by atoms with Crippen LogP contribution >= 0.6 is 22.7 Å². The van der Waals surface area contributed by atoms with Crippen LogP contribution < -0.4 is 4.90 Å². The Morgan fingerprint density at radius 2 is 0.711 bits per heavy atom. The SMILES string of the molecule is c1ccc(-c2ccc(-c3ccc(N(c4ccc(-c5ccc(-c6ccccc6)s5)cc4)c4cccc5ccccc45)cc3)s2)cc1. The molecule has 45 heavy (non-hydrogen) atoms. The number of hydrogen-bond donors (Lipinski definition) is 0. The standard InChI is InChI=1S/C42H29NS2/c1-3-11-31(12-4-1)39-26-28-41(44-39)33-18-22-35(23-19-33)43(38-17-9-15-30-10-7-8-16-37(30)38)36-24-20-34(21-25-36)42-29-27-40(45-42)32-13-5-2-6-14-32/h1-29H. The lowest BCUT2D eigenvalue weighted by molar-refractivity contribution is 1.30. The van der Waals surface area contributed by atoms with Crippen LogP contribution in [0.1, 0.15) is 0 Å². The highest BCUT2D eigenvalue weighted by molar-refractivity contribution is 7.19. The maximum atomic E-state index is 2.38. The van der Waals surface area contributed by atoms with Crippen LogP contribution in [0, 0.1) is 0 Å². The molecule has 0 aliphatic carbocycles. The first kappa shape index (κ1) is 27.3. The minimum Gasteiger partial charge on any atom is -0.310 e. The molecule has 0 radical (unpaired) electrons. The molecule has 0 N–H and O–H groups in total. The van der Waals surface area contributed by atoms with Crippen molar-refractivity contribution in [1.29, 1.82) is 0 Å². The molecule has 214 valence electrons. The molecule has 0 amide bonds. The minimum absolute atomic E-state index is 1.13. The van der Waals surface area contributed by atoms with Crippen LogP contribution in [0.5, 0.6) is 0 Å². The smallest absolute Gasteiger partial charge is 0.0540 e. The molecule has 0 saturated carbocycles. The lowest BCUT2D eigenvalue weighted by Gasteiger charge is -2.27. The highest BCUT2D eigenvalue weighted by atomic mass is 32.1. The number of hydrogen-bond acceptors (Lipinski definition) is 3. The van der Waals surface area contributed by atoms with Crippen LogP contribution in [0.2, 0.25) is 0 Å². The number of nitrogens with zero attached hydrogens (tertiary/aromatic N) is 1. The maximum Gasteiger partial charge on any atom is 0.0540 e. The monoisotopic (exact) mass is 611 g/mol. The molecule has 0 aliphatic heterocycles. The topological polar surface area (TPSA) is 3.24 Å². The van der Waals surface area contributed by atoms with Crippen LogP contribution in [-0.4, -0.2) is 0 Å². The lowest BCUT2D eigenvalue weighted by atomic mass is 10.1. The zero-order valence-corrected chi connectivity index (χ0v) is 26.1. The molecule has 0 bridgehead atoms. The summed E-state index contributed by atoms with van der Waals surface area (Å²) >= 11 is 3.67. The predicted molar refractivity (Wildman–Crippen MR) is 196 cm³/mol. The molecule has 0 saturated heterocycles. The third-order valence-corrected chi connectivity index (χ3v) is 10.5. The fourth-order valence-electron chi connectivity index (χ4n) is 5.88. The van der Waals surface area contributed by atoms with Gasteiger partial charge in [0.2, 0.25) is 0 Å². The number of anilines is 3. The van der Waals surface area contributed by atoms with E-state index in [-0.39, 0.29) is 0 Å². The summed E-state index contributed by atoms with van der Waals surface area (Å²) < 4.78 is 0. The normalized spacial score (nSPS) is 11.1. The second kappa shape index (κ2) is 12.0. The van der Waals surface area contributed by atoms with Crippen molar-refractivity contribution in [3.05, 3.63) is 176 Å². The van der Waals surface area contributed by atoms with E-state index in [4.69, 9.17) is 0 Å². The van der Waals surface area contributed by atoms with Crippen LogP contribution in [0.4, 0.5) is 17.1 Å². The van der Waals surface area contributed by atoms with Crippen molar-refractivity contribution in [2.45, 2.75) is 0 Å². The van der Waals surface area contributed by atoms with E-state index in [0.717, 1.165) is 11.4 Å². The van der Waals surface area contributed by atoms with E-state index in [2.05, 4.69) is 181 Å². The van der Waals surface area contributed by atoms with Gasteiger partial charge in [-0.25, -0.2) is 0 Å². The summed E-state index contributed by atoms with van der Waals surface area (Å²) in [6.07, 6.45) is 0. The van der Waals surface area contributed by atoms with Crippen molar-refractivity contribution in [1.82, 2.24) is 0 Å². The Morgan fingerprint density at radius 3 is 1.20 bits per heavy atom. The molecular weight excluding hydrogens is 583 g/mol. The average molecular weight is 612 g/mol. The van der Waals surface area contributed by atoms with Gasteiger partial charge >= 0.3 is 0 Å². The Labute approximate surface area is 271 Å². The number of benzene rings is 6. The highest BCUT2D eigenvalue weighted by Crippen LogP contribution is 2.42. The third-order valence-electron chi connectivity index (χ3n) is 8.16. The molecule has 8 aromatic rings. The van der Waals surface area contributed by atoms with Crippen molar-refractivity contribution < 1.29 is 0 Å². The summed E-state index contributed by atoms with van der Waals surface area (Å²) in [5, 5.41) is 2.46. The fraction of sp³-hybridized carbons (Fsp3) is 0. The van der Waals surface area contributed by atoms with E-state index in [1.165, 1.54) is 58.2 Å². The summed E-state index contributed by atoms with van der Waals surface area (Å²) in [6.45, 7) is 0. The molecule has 0 spiro atoms. The van der Waals surface area contributed by atoms with E-state index in [1.807, 2.05) is 22.7 Å². The molecule has 0 fully saturated rings. The number of fused-ring (bicyclic) bond motifs is 1. The maximum absolute atomic E-state index is 2.38. The molecule has 0 unspecified atom stereocenters. The minimum atomic E-state index is 1.13. The van der Waals surface area contributed by atoms with Gasteiger partial charge in [0, 0.05) is 36.3 Å². The molecule has 0 atom stereocenters. The molecule has 2 aromatic heterocycles. The lowest BCUT2D eigenvalue weighted by Crippen LogP contribution is -2.10. The zero-order valence-electron chi connectivity index (χ0n) is 24.5. The van der Waals surface area contributed by atoms with Gasteiger partial charge in [0.05, 0.1) is 5.69 Å². The Bertz CT molecular complexity index is 2070. The highest BCUT2D eigenvalue weighted by Gasteiger charge is 2.16. The van der Waals surface area contributed by atoms with Gasteiger partial charge in [-0.15, -0.1) is 22.7 Å². The van der Waals surface area contributed by atoms with Crippen molar-refractivity contribution in [3.8, 4) is 41.8 Å². The predicted octanol–water partition coefficient (Wildman–Crippen LogP) is 13.1. The van der Waals surface area contributed by atoms with Crippen LogP contribution in [-0.2, 0) is 0 Å². The third kappa shape index (κ3) is 5.49. The Morgan fingerprint density at radius 1 is 0.311 bits per heavy atom. The largest absolute Gasteiger partial charge is 0.310 e. The second-order valence-corrected chi connectivity index (χ2v) is 13.2. The number of rotatable bonds is 7. The first-order chi connectivity index (χ1) is 22.3. The van der Waals surface area contributed by atoms with Gasteiger partial charge in [-0.05, 0) is 82.2 Å². The average Bonchev–Trinajstić information content (AvgIpc) is 3.82. The van der Waals surface area contributed by atoms with Gasteiger partial charge in [0.1, 0.15) is 0 Å². The van der Waals surface area contributed by atoms with Gasteiger partial charge in [0.25, 0.3) is 0 Å². The van der Waals surface area contributed by atoms with E-state index in [1.54, 1.807) is 0 Å². The van der Waals surface area contributed by atoms with E-state index in [0.29, 0.717) is 0 Å². The first-order valence-corrected chi connectivity index (χ1v) is 16.7. The Kier molecular flexibility index (Phi) is 7.32. The quantitative estimate of drug-likeness (QED) is 0.173. The van der Waals surface area contributed by atoms with Crippen molar-refractivity contribution in [2.24, 2.45) is 0 Å². The van der Waals surface area contributed by atoms with E-state index in [9.17, 15) is 0 Å². The molecular formula is C42H29NS2. The van der Waals surface area contributed by atoms with Crippen molar-refractivity contribution in [3.63, 3.8) is 0 Å². The van der Waals surface area contributed by atoms with Gasteiger partial charge in [-0.1, -0.05) is 121 Å². The fourth-order valence-corrected chi connectivity index (χ4v) is 7.92. The molecule has 6 aromatic carbocycles. The Hall–Kier alpha value is -5.22.